The van der Waals surface area contributed by atoms with E-state index in [2.05, 4.69) is 0 Å². The van der Waals surface area contributed by atoms with Gasteiger partial charge in [-0.15, -0.1) is 0 Å². The monoisotopic (exact) mass is 322 g/mol. The maximum Gasteiger partial charge on any atom is 0.243 e. The molecule has 22 heavy (non-hydrogen) atoms. The Morgan fingerprint density at radius 1 is 1.00 bits per heavy atom. The van der Waals surface area contributed by atoms with Gasteiger partial charge in [-0.3, -0.25) is 0 Å². The van der Waals surface area contributed by atoms with Gasteiger partial charge in [-0.2, -0.15) is 4.31 Å². The maximum absolute atomic E-state index is 12.8. The van der Waals surface area contributed by atoms with E-state index in [9.17, 15) is 8.42 Å². The number of benzene rings is 1. The first-order valence-electron chi connectivity index (χ1n) is 7.15. The molecule has 0 aliphatic carbocycles. The predicted molar refractivity (Wildman–Crippen MR) is 86.0 cm³/mol. The van der Waals surface area contributed by atoms with Gasteiger partial charge in [0.1, 0.15) is 11.5 Å². The Morgan fingerprint density at radius 3 is 2.23 bits per heavy atom. The van der Waals surface area contributed by atoms with E-state index in [1.165, 1.54) is 4.31 Å². The molecule has 1 heterocycles. The van der Waals surface area contributed by atoms with E-state index in [1.54, 1.807) is 30.3 Å². The molecule has 0 spiro atoms. The SMILES string of the molecule is Cc1ccc(CN(CCN(C)C)S(=O)(=O)c2ccccc2)o1. The lowest BCUT2D eigenvalue weighted by Crippen LogP contribution is -2.36. The van der Waals surface area contributed by atoms with E-state index in [4.69, 9.17) is 4.42 Å². The van der Waals surface area contributed by atoms with Crippen molar-refractivity contribution in [2.45, 2.75) is 18.4 Å². The highest BCUT2D eigenvalue weighted by Gasteiger charge is 2.25. The molecule has 1 aromatic heterocycles. The molecule has 1 aromatic carbocycles. The van der Waals surface area contributed by atoms with Crippen LogP contribution in [-0.2, 0) is 16.6 Å². The van der Waals surface area contributed by atoms with Gasteiger partial charge in [0, 0.05) is 13.1 Å². The minimum Gasteiger partial charge on any atom is -0.465 e. The third-order valence-electron chi connectivity index (χ3n) is 3.31. The molecule has 0 bridgehead atoms. The van der Waals surface area contributed by atoms with Crippen molar-refractivity contribution >= 4 is 10.0 Å². The third-order valence-corrected chi connectivity index (χ3v) is 5.17. The molecule has 2 aromatic rings. The van der Waals surface area contributed by atoms with Crippen molar-refractivity contribution in [1.29, 1.82) is 0 Å². The number of aryl methyl sites for hydroxylation is 1. The number of rotatable bonds is 7. The van der Waals surface area contributed by atoms with Gasteiger partial charge >= 0.3 is 0 Å². The second-order valence-electron chi connectivity index (χ2n) is 5.47. The van der Waals surface area contributed by atoms with Crippen LogP contribution in [0.25, 0.3) is 0 Å². The van der Waals surface area contributed by atoms with Crippen LogP contribution in [0.1, 0.15) is 11.5 Å². The molecule has 5 nitrogen and oxygen atoms in total. The van der Waals surface area contributed by atoms with Crippen LogP contribution in [0.2, 0.25) is 0 Å². The Bertz CT molecular complexity index is 693. The molecule has 0 saturated carbocycles. The van der Waals surface area contributed by atoms with Gasteiger partial charge in [0.2, 0.25) is 10.0 Å². The molecule has 0 radical (unpaired) electrons. The zero-order chi connectivity index (χ0) is 16.2. The Morgan fingerprint density at radius 2 is 1.68 bits per heavy atom. The fraction of sp³-hybridized carbons (Fsp3) is 0.375. The summed E-state index contributed by atoms with van der Waals surface area (Å²) in [5, 5.41) is 0. The summed E-state index contributed by atoms with van der Waals surface area (Å²) in [5.74, 6) is 1.43. The van der Waals surface area contributed by atoms with E-state index in [0.29, 0.717) is 23.7 Å². The smallest absolute Gasteiger partial charge is 0.243 e. The van der Waals surface area contributed by atoms with Crippen molar-refractivity contribution in [3.63, 3.8) is 0 Å². The van der Waals surface area contributed by atoms with Crippen molar-refractivity contribution in [1.82, 2.24) is 9.21 Å². The molecule has 120 valence electrons. The second-order valence-corrected chi connectivity index (χ2v) is 7.41. The average Bonchev–Trinajstić information content (AvgIpc) is 2.89. The molecule has 0 aliphatic rings. The lowest BCUT2D eigenvalue weighted by Gasteiger charge is -2.23. The van der Waals surface area contributed by atoms with Crippen LogP contribution in [0, 0.1) is 6.92 Å². The lowest BCUT2D eigenvalue weighted by molar-refractivity contribution is 0.310. The molecular weight excluding hydrogens is 300 g/mol. The Labute approximate surface area is 132 Å². The van der Waals surface area contributed by atoms with Gasteiger partial charge in [0.25, 0.3) is 0 Å². The molecule has 0 saturated heterocycles. The van der Waals surface area contributed by atoms with E-state index >= 15 is 0 Å². The normalized spacial score (nSPS) is 12.2. The van der Waals surface area contributed by atoms with Crippen LogP contribution < -0.4 is 0 Å². The zero-order valence-corrected chi connectivity index (χ0v) is 14.0. The second kappa shape index (κ2) is 7.09. The number of likely N-dealkylation sites (N-methyl/N-ethyl adjacent to an activating group) is 1. The number of hydrogen-bond acceptors (Lipinski definition) is 4. The van der Waals surface area contributed by atoms with Crippen LogP contribution in [-0.4, -0.2) is 44.8 Å². The van der Waals surface area contributed by atoms with Crippen molar-refractivity contribution in [3.05, 3.63) is 54.0 Å². The standard InChI is InChI=1S/C16H22N2O3S/c1-14-9-10-15(21-14)13-18(12-11-17(2)3)22(19,20)16-7-5-4-6-8-16/h4-10H,11-13H2,1-3H3. The summed E-state index contributed by atoms with van der Waals surface area (Å²) in [6.45, 7) is 3.13. The summed E-state index contributed by atoms with van der Waals surface area (Å²) in [6, 6.07) is 12.2. The Hall–Kier alpha value is -1.63. The molecule has 2 rings (SSSR count). The topological polar surface area (TPSA) is 53.8 Å². The van der Waals surface area contributed by atoms with Crippen molar-refractivity contribution in [3.8, 4) is 0 Å². The summed E-state index contributed by atoms with van der Waals surface area (Å²) in [7, 11) is 0.303. The summed E-state index contributed by atoms with van der Waals surface area (Å²) >= 11 is 0. The predicted octanol–water partition coefficient (Wildman–Crippen LogP) is 2.34. The zero-order valence-electron chi connectivity index (χ0n) is 13.2. The van der Waals surface area contributed by atoms with E-state index in [-0.39, 0.29) is 6.54 Å². The van der Waals surface area contributed by atoms with Crippen LogP contribution >= 0.6 is 0 Å². The number of sulfonamides is 1. The van der Waals surface area contributed by atoms with Gasteiger partial charge in [-0.25, -0.2) is 8.42 Å². The summed E-state index contributed by atoms with van der Waals surface area (Å²) in [4.78, 5) is 2.26. The van der Waals surface area contributed by atoms with Crippen LogP contribution in [0.15, 0.2) is 51.8 Å². The average molecular weight is 322 g/mol. The maximum atomic E-state index is 12.8. The van der Waals surface area contributed by atoms with Gasteiger partial charge < -0.3 is 9.32 Å². The molecule has 0 atom stereocenters. The molecule has 6 heteroatoms. The van der Waals surface area contributed by atoms with Crippen LogP contribution in [0.4, 0.5) is 0 Å². The lowest BCUT2D eigenvalue weighted by atomic mass is 10.4. The number of hydrogen-bond donors (Lipinski definition) is 0. The quantitative estimate of drug-likeness (QED) is 0.785. The van der Waals surface area contributed by atoms with Crippen molar-refractivity contribution < 1.29 is 12.8 Å². The largest absolute Gasteiger partial charge is 0.465 e. The van der Waals surface area contributed by atoms with Gasteiger partial charge in [0.05, 0.1) is 11.4 Å². The molecule has 0 unspecified atom stereocenters. The van der Waals surface area contributed by atoms with Crippen LogP contribution in [0.5, 0.6) is 0 Å². The Balaban J connectivity index is 2.26. The van der Waals surface area contributed by atoms with Gasteiger partial charge in [-0.05, 0) is 45.3 Å². The summed E-state index contributed by atoms with van der Waals surface area (Å²) < 4.78 is 32.6. The molecule has 0 aliphatic heterocycles. The fourth-order valence-corrected chi connectivity index (χ4v) is 3.50. The molecule has 0 fully saturated rings. The first kappa shape index (κ1) is 16.7. The number of nitrogens with zero attached hydrogens (tertiary/aromatic N) is 2. The first-order chi connectivity index (χ1) is 10.4. The van der Waals surface area contributed by atoms with E-state index < -0.39 is 10.0 Å². The highest BCUT2D eigenvalue weighted by Crippen LogP contribution is 2.19. The van der Waals surface area contributed by atoms with Gasteiger partial charge in [-0.1, -0.05) is 18.2 Å². The first-order valence-corrected chi connectivity index (χ1v) is 8.59. The highest BCUT2D eigenvalue weighted by molar-refractivity contribution is 7.89. The van der Waals surface area contributed by atoms with E-state index in [0.717, 1.165) is 5.76 Å². The fourth-order valence-electron chi connectivity index (χ4n) is 2.08. The minimum atomic E-state index is -3.54. The molecule has 0 N–H and O–H groups in total. The van der Waals surface area contributed by atoms with Crippen molar-refractivity contribution in [2.75, 3.05) is 27.2 Å². The summed E-state index contributed by atoms with van der Waals surface area (Å²) in [6.07, 6.45) is 0. The molecular formula is C16H22N2O3S. The van der Waals surface area contributed by atoms with Crippen molar-refractivity contribution in [2.24, 2.45) is 0 Å². The third kappa shape index (κ3) is 4.19. The summed E-state index contributed by atoms with van der Waals surface area (Å²) in [5.41, 5.74) is 0. The van der Waals surface area contributed by atoms with E-state index in [1.807, 2.05) is 38.1 Å². The number of furan rings is 1. The highest BCUT2D eigenvalue weighted by atomic mass is 32.2. The minimum absolute atomic E-state index is 0.235. The molecule has 0 amide bonds. The Kier molecular flexibility index (Phi) is 5.39. The van der Waals surface area contributed by atoms with Gasteiger partial charge in [0.15, 0.2) is 0 Å². The van der Waals surface area contributed by atoms with Crippen LogP contribution in [0.3, 0.4) is 0 Å².